The average Bonchev–Trinajstić information content (AvgIpc) is 2.86. The lowest BCUT2D eigenvalue weighted by molar-refractivity contribution is 0.317. The Kier molecular flexibility index (Phi) is 4.68. The van der Waals surface area contributed by atoms with Crippen molar-refractivity contribution < 1.29 is 0 Å². The van der Waals surface area contributed by atoms with Crippen molar-refractivity contribution in [1.29, 1.82) is 0 Å². The van der Waals surface area contributed by atoms with Gasteiger partial charge in [-0.15, -0.1) is 0 Å². The molecule has 0 radical (unpaired) electrons. The molecule has 0 aliphatic heterocycles. The highest BCUT2D eigenvalue weighted by molar-refractivity contribution is 7.16. The van der Waals surface area contributed by atoms with Crippen LogP contribution in [0.2, 0.25) is 10.0 Å². The Balaban J connectivity index is 1.80. The highest BCUT2D eigenvalue weighted by atomic mass is 35.5. The summed E-state index contributed by atoms with van der Waals surface area (Å²) < 4.78 is 1.34. The molecule has 0 aliphatic rings. The van der Waals surface area contributed by atoms with Crippen LogP contribution in [-0.2, 0) is 13.1 Å². The maximum atomic E-state index is 11.9. The average molecular weight is 369 g/mol. The van der Waals surface area contributed by atoms with Crippen LogP contribution >= 0.6 is 34.5 Å². The summed E-state index contributed by atoms with van der Waals surface area (Å²) in [5.41, 5.74) is 1.49. The molecule has 23 heavy (non-hydrogen) atoms. The molecule has 0 aliphatic carbocycles. The molecule has 2 aromatic heterocycles. The zero-order chi connectivity index (χ0) is 16.6. The first kappa shape index (κ1) is 16.4. The molecule has 0 bridgehead atoms. The molecule has 2 heterocycles. The highest BCUT2D eigenvalue weighted by Crippen LogP contribution is 2.26. The molecule has 1 aromatic carbocycles. The van der Waals surface area contributed by atoms with Gasteiger partial charge in [0.05, 0.1) is 16.6 Å². The van der Waals surface area contributed by atoms with Crippen molar-refractivity contribution in [3.05, 3.63) is 60.9 Å². The smallest absolute Gasteiger partial charge is 0.275 e. The van der Waals surface area contributed by atoms with Crippen LogP contribution in [0.3, 0.4) is 0 Å². The number of hydrogen-bond acceptors (Lipinski definition) is 5. The zero-order valence-electron chi connectivity index (χ0n) is 12.6. The topological polar surface area (TPSA) is 50.5 Å². The van der Waals surface area contributed by atoms with Gasteiger partial charge in [-0.2, -0.15) is 9.61 Å². The first-order valence-electron chi connectivity index (χ1n) is 6.92. The molecule has 120 valence electrons. The number of halogens is 2. The van der Waals surface area contributed by atoms with Crippen molar-refractivity contribution in [2.24, 2.45) is 0 Å². The lowest BCUT2D eigenvalue weighted by atomic mass is 10.2. The molecular formula is C15H14Cl2N4OS. The number of rotatable bonds is 4. The van der Waals surface area contributed by atoms with Crippen LogP contribution in [0.25, 0.3) is 4.96 Å². The highest BCUT2D eigenvalue weighted by Gasteiger charge is 2.12. The second kappa shape index (κ2) is 6.57. The van der Waals surface area contributed by atoms with Gasteiger partial charge in [-0.3, -0.25) is 9.69 Å². The lowest BCUT2D eigenvalue weighted by Crippen LogP contribution is -2.18. The first-order valence-corrected chi connectivity index (χ1v) is 8.49. The van der Waals surface area contributed by atoms with Gasteiger partial charge in [0.2, 0.25) is 4.96 Å². The fourth-order valence-electron chi connectivity index (χ4n) is 2.27. The Morgan fingerprint density at radius 1 is 1.30 bits per heavy atom. The molecule has 0 saturated carbocycles. The van der Waals surface area contributed by atoms with Crippen molar-refractivity contribution in [2.75, 3.05) is 7.05 Å². The van der Waals surface area contributed by atoms with E-state index in [-0.39, 0.29) is 5.56 Å². The van der Waals surface area contributed by atoms with Gasteiger partial charge in [-0.05, 0) is 25.6 Å². The Morgan fingerprint density at radius 3 is 2.87 bits per heavy atom. The number of benzene rings is 1. The van der Waals surface area contributed by atoms with Crippen LogP contribution in [0.4, 0.5) is 0 Å². The van der Waals surface area contributed by atoms with Gasteiger partial charge < -0.3 is 0 Å². The summed E-state index contributed by atoms with van der Waals surface area (Å²) in [6.07, 6.45) is 0. The quantitative estimate of drug-likeness (QED) is 0.707. The van der Waals surface area contributed by atoms with Crippen LogP contribution < -0.4 is 5.56 Å². The van der Waals surface area contributed by atoms with E-state index in [0.29, 0.717) is 33.8 Å². The van der Waals surface area contributed by atoms with Crippen molar-refractivity contribution in [3.8, 4) is 0 Å². The Morgan fingerprint density at radius 2 is 2.09 bits per heavy atom. The maximum absolute atomic E-state index is 11.9. The predicted octanol–water partition coefficient (Wildman–Crippen LogP) is 3.40. The molecular weight excluding hydrogens is 355 g/mol. The molecule has 0 spiro atoms. The third-order valence-corrected chi connectivity index (χ3v) is 5.04. The molecule has 0 saturated heterocycles. The van der Waals surface area contributed by atoms with E-state index in [2.05, 4.69) is 15.0 Å². The number of aromatic nitrogens is 3. The Bertz CT molecular complexity index is 921. The van der Waals surface area contributed by atoms with E-state index in [9.17, 15) is 4.79 Å². The van der Waals surface area contributed by atoms with Crippen molar-refractivity contribution in [2.45, 2.75) is 20.0 Å². The van der Waals surface area contributed by atoms with Crippen molar-refractivity contribution in [3.63, 3.8) is 0 Å². The van der Waals surface area contributed by atoms with Gasteiger partial charge >= 0.3 is 0 Å². The maximum Gasteiger partial charge on any atom is 0.275 e. The van der Waals surface area contributed by atoms with Crippen molar-refractivity contribution in [1.82, 2.24) is 19.5 Å². The van der Waals surface area contributed by atoms with E-state index < -0.39 is 0 Å². The van der Waals surface area contributed by atoms with Gasteiger partial charge in [-0.25, -0.2) is 4.98 Å². The summed E-state index contributed by atoms with van der Waals surface area (Å²) in [5, 5.41) is 6.27. The molecule has 8 heteroatoms. The normalized spacial score (nSPS) is 11.5. The third-order valence-electron chi connectivity index (χ3n) is 3.29. The summed E-state index contributed by atoms with van der Waals surface area (Å²) in [6, 6.07) is 7.06. The van der Waals surface area contributed by atoms with Crippen LogP contribution in [0.1, 0.15) is 16.3 Å². The first-order chi connectivity index (χ1) is 10.9. The fourth-order valence-corrected chi connectivity index (χ4v) is 3.68. The SMILES string of the molecule is Cc1cc(=O)n2nc(CN(C)Cc3cccc(Cl)c3Cl)sc2n1. The minimum absolute atomic E-state index is 0.157. The van der Waals surface area contributed by atoms with E-state index in [1.54, 1.807) is 13.0 Å². The van der Waals surface area contributed by atoms with Crippen LogP contribution in [-0.4, -0.2) is 26.5 Å². The van der Waals surface area contributed by atoms with Crippen LogP contribution in [0.15, 0.2) is 29.1 Å². The van der Waals surface area contributed by atoms with Gasteiger partial charge in [0.15, 0.2) is 0 Å². The molecule has 0 atom stereocenters. The van der Waals surface area contributed by atoms with Gasteiger partial charge in [-0.1, -0.05) is 46.7 Å². The van der Waals surface area contributed by atoms with Crippen LogP contribution in [0, 0.1) is 6.92 Å². The van der Waals surface area contributed by atoms with E-state index in [1.807, 2.05) is 19.2 Å². The fraction of sp³-hybridized carbons (Fsp3) is 0.267. The minimum Gasteiger partial charge on any atom is -0.295 e. The summed E-state index contributed by atoms with van der Waals surface area (Å²) in [6.45, 7) is 3.03. The molecule has 0 N–H and O–H groups in total. The molecule has 0 unspecified atom stereocenters. The number of aryl methyl sites for hydroxylation is 1. The standard InChI is InChI=1S/C15H14Cl2N4OS/c1-9-6-13(22)21-15(18-9)23-12(19-21)8-20(2)7-10-4-3-5-11(16)14(10)17/h3-6H,7-8H2,1-2H3. The minimum atomic E-state index is -0.157. The summed E-state index contributed by atoms with van der Waals surface area (Å²) in [4.78, 5) is 18.9. The van der Waals surface area contributed by atoms with Crippen LogP contribution in [0.5, 0.6) is 0 Å². The monoisotopic (exact) mass is 368 g/mol. The Hall–Kier alpha value is -1.47. The summed E-state index contributed by atoms with van der Waals surface area (Å²) >= 11 is 13.7. The molecule has 0 amide bonds. The Labute approximate surface area is 147 Å². The molecule has 3 rings (SSSR count). The van der Waals surface area contributed by atoms with Gasteiger partial charge in [0, 0.05) is 18.3 Å². The van der Waals surface area contributed by atoms with E-state index >= 15 is 0 Å². The molecule has 0 fully saturated rings. The lowest BCUT2D eigenvalue weighted by Gasteiger charge is -2.16. The van der Waals surface area contributed by atoms with E-state index in [4.69, 9.17) is 23.2 Å². The third kappa shape index (κ3) is 3.55. The number of nitrogens with zero attached hydrogens (tertiary/aromatic N) is 4. The van der Waals surface area contributed by atoms with Gasteiger partial charge in [0.1, 0.15) is 5.01 Å². The number of hydrogen-bond donors (Lipinski definition) is 0. The number of fused-ring (bicyclic) bond motifs is 1. The summed E-state index contributed by atoms with van der Waals surface area (Å²) in [7, 11) is 1.96. The second-order valence-corrected chi connectivity index (χ2v) is 7.14. The van der Waals surface area contributed by atoms with E-state index in [0.717, 1.165) is 10.6 Å². The zero-order valence-corrected chi connectivity index (χ0v) is 14.9. The van der Waals surface area contributed by atoms with Crippen molar-refractivity contribution >= 4 is 39.5 Å². The van der Waals surface area contributed by atoms with Gasteiger partial charge in [0.25, 0.3) is 5.56 Å². The predicted molar refractivity (Wildman–Crippen MR) is 93.5 cm³/mol. The second-order valence-electron chi connectivity index (χ2n) is 5.31. The van der Waals surface area contributed by atoms with E-state index in [1.165, 1.54) is 21.9 Å². The summed E-state index contributed by atoms with van der Waals surface area (Å²) in [5.74, 6) is 0. The molecule has 5 nitrogen and oxygen atoms in total. The molecule has 3 aromatic rings. The largest absolute Gasteiger partial charge is 0.295 e.